The van der Waals surface area contributed by atoms with Crippen LogP contribution < -0.4 is 4.90 Å². The molecule has 0 bridgehead atoms. The van der Waals surface area contributed by atoms with Gasteiger partial charge in [-0.05, 0) is 105 Å². The highest BCUT2D eigenvalue weighted by Crippen LogP contribution is 2.42. The van der Waals surface area contributed by atoms with Crippen LogP contribution in [0.2, 0.25) is 0 Å². The molecule has 174 valence electrons. The van der Waals surface area contributed by atoms with E-state index < -0.39 is 0 Å². The average Bonchev–Trinajstić information content (AvgIpc) is 3.04. The number of hydrogen-bond acceptors (Lipinski definition) is 1. The molecule has 0 amide bonds. The molecule has 0 N–H and O–H groups in total. The minimum absolute atomic E-state index is 0.188. The fraction of sp³-hybridized carbons (Fsp3) is 0.375. The molecule has 0 heterocycles. The first-order valence-corrected chi connectivity index (χ1v) is 12.4. The van der Waals surface area contributed by atoms with Crippen molar-refractivity contribution in [2.45, 2.75) is 74.1 Å². The molecule has 0 fully saturated rings. The van der Waals surface area contributed by atoms with Gasteiger partial charge < -0.3 is 4.90 Å². The van der Waals surface area contributed by atoms with E-state index in [1.54, 1.807) is 0 Å². The van der Waals surface area contributed by atoms with E-state index in [9.17, 15) is 0 Å². The number of unbranched alkanes of at least 4 members (excludes halogenated alkanes) is 1. The fourth-order valence-corrected chi connectivity index (χ4v) is 4.59. The lowest BCUT2D eigenvalue weighted by Gasteiger charge is -2.26. The Labute approximate surface area is 202 Å². The van der Waals surface area contributed by atoms with Crippen molar-refractivity contribution in [2.24, 2.45) is 5.41 Å². The van der Waals surface area contributed by atoms with Crippen molar-refractivity contribution in [1.82, 2.24) is 0 Å². The van der Waals surface area contributed by atoms with Gasteiger partial charge in [0.05, 0.1) is 0 Å². The second-order valence-electron chi connectivity index (χ2n) is 10.3. The van der Waals surface area contributed by atoms with Crippen LogP contribution in [0.25, 0.3) is 0 Å². The Bertz CT molecular complexity index is 1050. The summed E-state index contributed by atoms with van der Waals surface area (Å²) in [5, 5.41) is 0. The van der Waals surface area contributed by atoms with Crippen molar-refractivity contribution in [2.75, 3.05) is 4.90 Å². The third-order valence-electron chi connectivity index (χ3n) is 6.51. The standard InChI is InChI=1S/C32H41N/c1-8-9-12-24(2)19-29-22-28(23-32(29,6)7)18-17-27(5)33(30-15-10-13-25(3)20-30)31-16-11-14-26(4)21-31/h10-11,13-22H,8-9,12,23H2,1-7H3/b24-19-,27-17+,28-18-. The Balaban J connectivity index is 1.94. The van der Waals surface area contributed by atoms with Crippen LogP contribution in [0.3, 0.4) is 0 Å². The second kappa shape index (κ2) is 10.9. The summed E-state index contributed by atoms with van der Waals surface area (Å²) in [6.07, 6.45) is 14.2. The van der Waals surface area contributed by atoms with Crippen molar-refractivity contribution in [3.63, 3.8) is 0 Å². The van der Waals surface area contributed by atoms with Crippen LogP contribution in [-0.2, 0) is 0 Å². The summed E-state index contributed by atoms with van der Waals surface area (Å²) in [5.74, 6) is 0. The number of allylic oxidation sites excluding steroid dienone is 8. The molecular formula is C32H41N. The number of benzene rings is 2. The molecule has 33 heavy (non-hydrogen) atoms. The lowest BCUT2D eigenvalue weighted by Crippen LogP contribution is -2.14. The average molecular weight is 440 g/mol. The maximum Gasteiger partial charge on any atom is 0.0460 e. The maximum atomic E-state index is 2.43. The van der Waals surface area contributed by atoms with E-state index >= 15 is 0 Å². The number of rotatable bonds is 8. The van der Waals surface area contributed by atoms with Gasteiger partial charge in [0.2, 0.25) is 0 Å². The third kappa shape index (κ3) is 6.60. The number of hydrogen-bond donors (Lipinski definition) is 0. The van der Waals surface area contributed by atoms with E-state index in [0.29, 0.717) is 0 Å². The zero-order chi connectivity index (χ0) is 24.0. The van der Waals surface area contributed by atoms with Gasteiger partial charge in [0.25, 0.3) is 0 Å². The van der Waals surface area contributed by atoms with Crippen LogP contribution in [0.1, 0.15) is 71.4 Å². The fourth-order valence-electron chi connectivity index (χ4n) is 4.59. The molecule has 3 rings (SSSR count). The molecule has 0 aromatic heterocycles. The minimum atomic E-state index is 0.188. The van der Waals surface area contributed by atoms with Crippen molar-refractivity contribution >= 4 is 11.4 Å². The van der Waals surface area contributed by atoms with E-state index in [2.05, 4.69) is 126 Å². The quantitative estimate of drug-likeness (QED) is 0.395. The van der Waals surface area contributed by atoms with Crippen LogP contribution in [0.5, 0.6) is 0 Å². The topological polar surface area (TPSA) is 3.24 Å². The monoisotopic (exact) mass is 439 g/mol. The van der Waals surface area contributed by atoms with Crippen molar-refractivity contribution < 1.29 is 0 Å². The van der Waals surface area contributed by atoms with Gasteiger partial charge in [-0.25, -0.2) is 0 Å². The van der Waals surface area contributed by atoms with E-state index in [4.69, 9.17) is 0 Å². The van der Waals surface area contributed by atoms with Crippen LogP contribution in [-0.4, -0.2) is 0 Å². The molecular weight excluding hydrogens is 398 g/mol. The molecule has 0 saturated carbocycles. The molecule has 1 nitrogen and oxygen atoms in total. The zero-order valence-corrected chi connectivity index (χ0v) is 21.7. The Morgan fingerprint density at radius 1 is 0.970 bits per heavy atom. The lowest BCUT2D eigenvalue weighted by molar-refractivity contribution is 0.477. The normalized spacial score (nSPS) is 17.4. The zero-order valence-electron chi connectivity index (χ0n) is 21.7. The van der Waals surface area contributed by atoms with Crippen LogP contribution in [0, 0.1) is 19.3 Å². The predicted octanol–water partition coefficient (Wildman–Crippen LogP) is 9.76. The van der Waals surface area contributed by atoms with Crippen LogP contribution >= 0.6 is 0 Å². The molecule has 2 aromatic carbocycles. The first kappa shape index (κ1) is 24.8. The van der Waals surface area contributed by atoms with Gasteiger partial charge in [-0.15, -0.1) is 0 Å². The molecule has 2 aromatic rings. The summed E-state index contributed by atoms with van der Waals surface area (Å²) in [6.45, 7) is 15.8. The Kier molecular flexibility index (Phi) is 8.19. The summed E-state index contributed by atoms with van der Waals surface area (Å²) < 4.78 is 0. The largest absolute Gasteiger partial charge is 0.314 e. The van der Waals surface area contributed by atoms with Gasteiger partial charge in [-0.2, -0.15) is 0 Å². The lowest BCUT2D eigenvalue weighted by atomic mass is 9.84. The van der Waals surface area contributed by atoms with Gasteiger partial charge in [-0.1, -0.05) is 75.3 Å². The maximum absolute atomic E-state index is 2.43. The first-order chi connectivity index (χ1) is 15.7. The smallest absolute Gasteiger partial charge is 0.0460 e. The molecule has 0 atom stereocenters. The molecule has 0 aliphatic heterocycles. The van der Waals surface area contributed by atoms with Gasteiger partial charge in [-0.3, -0.25) is 0 Å². The summed E-state index contributed by atoms with van der Waals surface area (Å²) >= 11 is 0. The SMILES string of the molecule is CCCC/C(C)=C\C1=CC(=C/C=C(\C)N(c2cccc(C)c2)c2cccc(C)c2)/CC1(C)C. The van der Waals surface area contributed by atoms with E-state index in [1.807, 2.05) is 0 Å². The Morgan fingerprint density at radius 2 is 1.58 bits per heavy atom. The summed E-state index contributed by atoms with van der Waals surface area (Å²) in [5.41, 5.74) is 10.7. The minimum Gasteiger partial charge on any atom is -0.314 e. The highest BCUT2D eigenvalue weighted by Gasteiger charge is 2.28. The van der Waals surface area contributed by atoms with Crippen LogP contribution in [0.15, 0.2) is 95.3 Å². The van der Waals surface area contributed by atoms with E-state index in [1.165, 1.54) is 64.2 Å². The van der Waals surface area contributed by atoms with E-state index in [-0.39, 0.29) is 5.41 Å². The van der Waals surface area contributed by atoms with Gasteiger partial charge in [0.15, 0.2) is 0 Å². The summed E-state index contributed by atoms with van der Waals surface area (Å²) in [7, 11) is 0. The van der Waals surface area contributed by atoms with Crippen molar-refractivity contribution in [3.8, 4) is 0 Å². The van der Waals surface area contributed by atoms with Gasteiger partial charge >= 0.3 is 0 Å². The number of anilines is 2. The Morgan fingerprint density at radius 3 is 2.12 bits per heavy atom. The number of aryl methyl sites for hydroxylation is 2. The third-order valence-corrected chi connectivity index (χ3v) is 6.51. The van der Waals surface area contributed by atoms with Crippen molar-refractivity contribution in [1.29, 1.82) is 0 Å². The molecule has 1 heteroatoms. The van der Waals surface area contributed by atoms with Crippen molar-refractivity contribution in [3.05, 3.63) is 106 Å². The molecule has 0 radical (unpaired) electrons. The molecule has 0 spiro atoms. The van der Waals surface area contributed by atoms with Gasteiger partial charge in [0, 0.05) is 17.1 Å². The molecule has 1 aliphatic rings. The van der Waals surface area contributed by atoms with E-state index in [0.717, 1.165) is 6.42 Å². The Hall–Kier alpha value is -2.80. The summed E-state index contributed by atoms with van der Waals surface area (Å²) in [4.78, 5) is 2.36. The summed E-state index contributed by atoms with van der Waals surface area (Å²) in [6, 6.07) is 17.5. The highest BCUT2D eigenvalue weighted by atomic mass is 15.1. The second-order valence-corrected chi connectivity index (χ2v) is 10.3. The molecule has 0 saturated heterocycles. The first-order valence-electron chi connectivity index (χ1n) is 12.4. The van der Waals surface area contributed by atoms with Gasteiger partial charge in [0.1, 0.15) is 0 Å². The molecule has 1 aliphatic carbocycles. The number of nitrogens with zero attached hydrogens (tertiary/aromatic N) is 1. The predicted molar refractivity (Wildman–Crippen MR) is 146 cm³/mol. The highest BCUT2D eigenvalue weighted by molar-refractivity contribution is 5.69. The molecule has 0 unspecified atom stereocenters. The van der Waals surface area contributed by atoms with Crippen LogP contribution in [0.4, 0.5) is 11.4 Å².